The Balaban J connectivity index is 0.000000283. The molecule has 0 aliphatic rings. The van der Waals surface area contributed by atoms with Gasteiger partial charge in [-0.25, -0.2) is 14.2 Å². The first kappa shape index (κ1) is 26.5. The largest absolute Gasteiger partial charge is 0.417 e. The molecule has 5 rings (SSSR count). The van der Waals surface area contributed by atoms with Crippen LogP contribution in [-0.4, -0.2) is 27.9 Å². The smallest absolute Gasteiger partial charge is 0.408 e. The molecule has 4 N–H and O–H groups in total. The lowest BCUT2D eigenvalue weighted by molar-refractivity contribution is 0.483. The van der Waals surface area contributed by atoms with Gasteiger partial charge in [-0.15, -0.1) is 0 Å². The number of fused-ring (bicyclic) bond motifs is 1. The molecule has 10 nitrogen and oxygen atoms in total. The number of aromatic amines is 1. The summed E-state index contributed by atoms with van der Waals surface area (Å²) >= 11 is 0. The van der Waals surface area contributed by atoms with Crippen molar-refractivity contribution in [3.05, 3.63) is 99.9 Å². The molecule has 0 atom stereocenters. The second-order valence-corrected chi connectivity index (χ2v) is 9.83. The summed E-state index contributed by atoms with van der Waals surface area (Å²) in [6.07, 6.45) is 1.69. The number of hydrogen-bond donors (Lipinski definition) is 4. The Hall–Kier alpha value is -4.55. The van der Waals surface area contributed by atoms with E-state index in [9.17, 15) is 17.6 Å². The van der Waals surface area contributed by atoms with Gasteiger partial charge < -0.3 is 15.1 Å². The van der Waals surface area contributed by atoms with Crippen LogP contribution in [0.5, 0.6) is 0 Å². The SMILES string of the molecule is Cc1cnc(Nc2cc(C)c(F)c(C)c2)nc1Nc1ccc2oc(=O)[nH]c2c1.O=S(=O)(O)c1ccccc1. The Morgan fingerprint density at radius 1 is 0.921 bits per heavy atom. The quantitative estimate of drug-likeness (QED) is 0.216. The molecule has 0 bridgehead atoms. The van der Waals surface area contributed by atoms with Gasteiger partial charge in [0, 0.05) is 23.1 Å². The van der Waals surface area contributed by atoms with Crippen LogP contribution in [0.4, 0.5) is 27.5 Å². The van der Waals surface area contributed by atoms with Gasteiger partial charge in [-0.3, -0.25) is 9.54 Å². The van der Waals surface area contributed by atoms with Crippen molar-refractivity contribution in [1.82, 2.24) is 15.0 Å². The molecule has 196 valence electrons. The zero-order valence-corrected chi connectivity index (χ0v) is 21.4. The number of benzene rings is 3. The molecule has 0 amide bonds. The average Bonchev–Trinajstić information content (AvgIpc) is 3.24. The molecule has 5 aromatic rings. The lowest BCUT2D eigenvalue weighted by Crippen LogP contribution is -2.03. The third-order valence-corrected chi connectivity index (χ3v) is 6.25. The number of oxazole rings is 1. The van der Waals surface area contributed by atoms with Gasteiger partial charge in [0.1, 0.15) is 11.6 Å². The molecule has 2 heterocycles. The second kappa shape index (κ2) is 10.8. The van der Waals surface area contributed by atoms with Crippen LogP contribution in [0.2, 0.25) is 0 Å². The van der Waals surface area contributed by atoms with Gasteiger partial charge >= 0.3 is 5.76 Å². The topological polar surface area (TPSA) is 150 Å². The molecular weight excluding hydrogens is 513 g/mol. The highest BCUT2D eigenvalue weighted by atomic mass is 32.2. The van der Waals surface area contributed by atoms with Crippen molar-refractivity contribution in [3.63, 3.8) is 0 Å². The van der Waals surface area contributed by atoms with Gasteiger partial charge in [0.25, 0.3) is 10.1 Å². The van der Waals surface area contributed by atoms with Gasteiger partial charge in [0.05, 0.1) is 10.4 Å². The monoisotopic (exact) mass is 537 g/mol. The lowest BCUT2D eigenvalue weighted by atomic mass is 10.1. The summed E-state index contributed by atoms with van der Waals surface area (Å²) in [5.74, 6) is 0.279. The van der Waals surface area contributed by atoms with Crippen LogP contribution in [0.15, 0.2) is 81.0 Å². The van der Waals surface area contributed by atoms with Crippen LogP contribution in [0.3, 0.4) is 0 Å². The fraction of sp³-hybridized carbons (Fsp3) is 0.115. The van der Waals surface area contributed by atoms with Crippen LogP contribution in [0.1, 0.15) is 16.7 Å². The fourth-order valence-corrected chi connectivity index (χ4v) is 4.04. The van der Waals surface area contributed by atoms with E-state index in [1.165, 1.54) is 12.1 Å². The molecule has 0 aliphatic heterocycles. The van der Waals surface area contributed by atoms with Crippen LogP contribution in [-0.2, 0) is 10.1 Å². The summed E-state index contributed by atoms with van der Waals surface area (Å²) in [5.41, 5.74) is 4.48. The van der Waals surface area contributed by atoms with Gasteiger partial charge in [-0.05, 0) is 74.4 Å². The standard InChI is InChI=1S/C20H18FN5O2.C6H6O3S/c1-10-6-14(7-11(2)17(10)21)24-19-22-9-12(3)18(26-19)23-13-4-5-16-15(8-13)25-20(27)28-16;7-10(8,9)6-4-2-1-3-5-6/h4-9H,1-3H3,(H,25,27)(H2,22,23,24,26);1-5H,(H,7,8,9). The number of nitrogens with zero attached hydrogens (tertiary/aromatic N) is 2. The van der Waals surface area contributed by atoms with E-state index in [0.717, 1.165) is 11.3 Å². The summed E-state index contributed by atoms with van der Waals surface area (Å²) in [7, 11) is -4.00. The molecule has 0 fully saturated rings. The van der Waals surface area contributed by atoms with Crippen LogP contribution >= 0.6 is 0 Å². The molecule has 0 aliphatic carbocycles. The fourth-order valence-electron chi connectivity index (χ4n) is 3.53. The number of anilines is 4. The Kier molecular flexibility index (Phi) is 7.55. The molecule has 0 unspecified atom stereocenters. The first-order valence-corrected chi connectivity index (χ1v) is 12.7. The van der Waals surface area contributed by atoms with Crippen molar-refractivity contribution in [2.24, 2.45) is 0 Å². The van der Waals surface area contributed by atoms with Crippen molar-refractivity contribution >= 4 is 44.4 Å². The minimum atomic E-state index is -4.00. The van der Waals surface area contributed by atoms with Crippen molar-refractivity contribution in [1.29, 1.82) is 0 Å². The molecule has 38 heavy (non-hydrogen) atoms. The normalized spacial score (nSPS) is 11.1. The summed E-state index contributed by atoms with van der Waals surface area (Å²) < 4.78 is 48.1. The third-order valence-electron chi connectivity index (χ3n) is 5.39. The van der Waals surface area contributed by atoms with Crippen LogP contribution in [0.25, 0.3) is 11.1 Å². The molecule has 12 heteroatoms. The Morgan fingerprint density at radius 2 is 1.61 bits per heavy atom. The van der Waals surface area contributed by atoms with Crippen molar-refractivity contribution < 1.29 is 21.8 Å². The molecule has 0 saturated heterocycles. The molecule has 0 spiro atoms. The summed E-state index contributed by atoms with van der Waals surface area (Å²) in [4.78, 5) is 22.7. The first-order chi connectivity index (χ1) is 18.0. The van der Waals surface area contributed by atoms with Gasteiger partial charge in [-0.2, -0.15) is 13.4 Å². The number of hydrogen-bond acceptors (Lipinski definition) is 8. The second-order valence-electron chi connectivity index (χ2n) is 8.41. The van der Waals surface area contributed by atoms with Crippen molar-refractivity contribution in [3.8, 4) is 0 Å². The molecule has 0 saturated carbocycles. The molecule has 3 aromatic carbocycles. The zero-order valence-electron chi connectivity index (χ0n) is 20.6. The number of H-pyrrole nitrogens is 1. The number of rotatable bonds is 5. The summed E-state index contributed by atoms with van der Waals surface area (Å²) in [5, 5.41) is 6.32. The molecule has 2 aromatic heterocycles. The van der Waals surface area contributed by atoms with Crippen molar-refractivity contribution in [2.45, 2.75) is 25.7 Å². The van der Waals surface area contributed by atoms with Gasteiger partial charge in [0.2, 0.25) is 5.95 Å². The highest BCUT2D eigenvalue weighted by Crippen LogP contribution is 2.24. The number of nitrogens with one attached hydrogen (secondary N) is 3. The minimum absolute atomic E-state index is 0.0741. The first-order valence-electron chi connectivity index (χ1n) is 11.3. The average molecular weight is 538 g/mol. The Labute approximate surface area is 217 Å². The number of aromatic nitrogens is 3. The minimum Gasteiger partial charge on any atom is -0.408 e. The van der Waals surface area contributed by atoms with E-state index in [-0.39, 0.29) is 10.7 Å². The maximum atomic E-state index is 13.8. The Bertz CT molecular complexity index is 1750. The maximum Gasteiger partial charge on any atom is 0.417 e. The third kappa shape index (κ3) is 6.41. The predicted molar refractivity (Wildman–Crippen MR) is 142 cm³/mol. The van der Waals surface area contributed by atoms with E-state index in [2.05, 4.69) is 25.6 Å². The van der Waals surface area contributed by atoms with E-state index >= 15 is 0 Å². The number of aryl methyl sites for hydroxylation is 3. The van der Waals surface area contributed by atoms with E-state index in [1.54, 1.807) is 68.6 Å². The lowest BCUT2D eigenvalue weighted by Gasteiger charge is -2.12. The van der Waals surface area contributed by atoms with Crippen LogP contribution < -0.4 is 16.4 Å². The number of halogens is 1. The molecular formula is C26H24FN5O5S. The van der Waals surface area contributed by atoms with Crippen molar-refractivity contribution in [2.75, 3.05) is 10.6 Å². The van der Waals surface area contributed by atoms with E-state index in [0.29, 0.717) is 39.7 Å². The summed E-state index contributed by atoms with van der Waals surface area (Å²) in [6, 6.07) is 16.1. The maximum absolute atomic E-state index is 13.8. The zero-order chi connectivity index (χ0) is 27.4. The van der Waals surface area contributed by atoms with Gasteiger partial charge in [-0.1, -0.05) is 18.2 Å². The highest BCUT2D eigenvalue weighted by Gasteiger charge is 2.09. The Morgan fingerprint density at radius 3 is 2.24 bits per heavy atom. The molecule has 0 radical (unpaired) electrons. The van der Waals surface area contributed by atoms with E-state index in [4.69, 9.17) is 8.97 Å². The van der Waals surface area contributed by atoms with E-state index in [1.807, 2.05) is 6.92 Å². The predicted octanol–water partition coefficient (Wildman–Crippen LogP) is 5.40. The summed E-state index contributed by atoms with van der Waals surface area (Å²) in [6.45, 7) is 5.32. The van der Waals surface area contributed by atoms with E-state index < -0.39 is 15.9 Å². The van der Waals surface area contributed by atoms with Gasteiger partial charge in [0.15, 0.2) is 5.58 Å². The van der Waals surface area contributed by atoms with Crippen LogP contribution in [0, 0.1) is 26.6 Å². The highest BCUT2D eigenvalue weighted by molar-refractivity contribution is 7.85.